The number of nitrogens with zero attached hydrogens (tertiary/aromatic N) is 3. The van der Waals surface area contributed by atoms with E-state index in [2.05, 4.69) is 256 Å². The Hall–Kier alpha value is -6.00. The third kappa shape index (κ3) is 7.32. The lowest BCUT2D eigenvalue weighted by Crippen LogP contribution is -2.61. The van der Waals surface area contributed by atoms with Crippen molar-refractivity contribution in [3.63, 3.8) is 0 Å². The van der Waals surface area contributed by atoms with Gasteiger partial charge in [-0.2, -0.15) is 0 Å². The van der Waals surface area contributed by atoms with Gasteiger partial charge in [-0.3, -0.25) is 0 Å². The van der Waals surface area contributed by atoms with Crippen LogP contribution in [0.15, 0.2) is 158 Å². The van der Waals surface area contributed by atoms with Crippen LogP contribution in [0.4, 0.5) is 51.2 Å². The lowest BCUT2D eigenvalue weighted by Gasteiger charge is -2.44. The molecule has 0 bridgehead atoms. The maximum absolute atomic E-state index is 2.51. The van der Waals surface area contributed by atoms with E-state index in [9.17, 15) is 0 Å². The largest absolute Gasteiger partial charge is 0.311 e. The van der Waals surface area contributed by atoms with Crippen LogP contribution in [0.5, 0.6) is 0 Å². The van der Waals surface area contributed by atoms with Gasteiger partial charge < -0.3 is 14.7 Å². The molecule has 3 nitrogen and oxygen atoms in total. The second-order valence-corrected chi connectivity index (χ2v) is 21.6. The number of anilines is 9. The van der Waals surface area contributed by atoms with Gasteiger partial charge in [-0.05, 0) is 139 Å². The van der Waals surface area contributed by atoms with Crippen LogP contribution < -0.4 is 31.1 Å². The summed E-state index contributed by atoms with van der Waals surface area (Å²) in [7, 11) is 0. The molecule has 0 saturated heterocycles. The zero-order chi connectivity index (χ0) is 43.9. The summed E-state index contributed by atoms with van der Waals surface area (Å²) in [4.78, 5) is 7.46. The summed E-state index contributed by atoms with van der Waals surface area (Å²) in [6, 6.07) is 59.9. The molecule has 0 amide bonds. The van der Waals surface area contributed by atoms with E-state index in [1.807, 2.05) is 0 Å². The van der Waals surface area contributed by atoms with Crippen LogP contribution in [0, 0.1) is 0 Å². The van der Waals surface area contributed by atoms with Crippen molar-refractivity contribution in [3.05, 3.63) is 180 Å². The Bertz CT molecular complexity index is 2700. The average molecular weight is 812 g/mol. The maximum Gasteiger partial charge on any atom is 0.252 e. The van der Waals surface area contributed by atoms with Crippen molar-refractivity contribution in [1.82, 2.24) is 0 Å². The molecule has 62 heavy (non-hydrogen) atoms. The minimum atomic E-state index is -0.0168. The molecule has 0 saturated carbocycles. The third-order valence-corrected chi connectivity index (χ3v) is 13.1. The van der Waals surface area contributed by atoms with E-state index in [1.165, 1.54) is 67.1 Å². The zero-order valence-corrected chi connectivity index (χ0v) is 38.9. The Kier molecular flexibility index (Phi) is 9.89. The van der Waals surface area contributed by atoms with Crippen molar-refractivity contribution in [2.45, 2.75) is 105 Å². The van der Waals surface area contributed by atoms with Gasteiger partial charge in [0.25, 0.3) is 6.71 Å². The van der Waals surface area contributed by atoms with Gasteiger partial charge in [0.1, 0.15) is 0 Å². The van der Waals surface area contributed by atoms with Gasteiger partial charge in [0.15, 0.2) is 0 Å². The first-order valence-electron chi connectivity index (χ1n) is 22.5. The third-order valence-electron chi connectivity index (χ3n) is 13.1. The van der Waals surface area contributed by atoms with Crippen molar-refractivity contribution < 1.29 is 0 Å². The highest BCUT2D eigenvalue weighted by molar-refractivity contribution is 7.00. The number of benzene rings is 7. The standard InChI is InChI=1S/C58H62BN3/c1-55(2,3)39-21-28-44(29-22-39)60(45-30-23-40(24-31-45)56(4,5)6)47-34-35-48-53(38-47)62(43-17-14-13-15-18-43)52-20-16-19-51-54(52)59(48)49-37-42(58(10,11)12)27-36-50(49)61(51)46-32-25-41(26-33-46)57(7,8)9/h13-38H,1-12H3. The molecule has 0 unspecified atom stereocenters. The van der Waals surface area contributed by atoms with Crippen molar-refractivity contribution in [2.24, 2.45) is 0 Å². The minimum Gasteiger partial charge on any atom is -0.311 e. The summed E-state index contributed by atoms with van der Waals surface area (Å²) in [5.41, 5.74) is 20.0. The molecule has 7 aromatic rings. The molecule has 2 aliphatic heterocycles. The normalized spacial score (nSPS) is 13.7. The summed E-state index contributed by atoms with van der Waals surface area (Å²) in [6.45, 7) is 27.6. The van der Waals surface area contributed by atoms with Crippen molar-refractivity contribution in [3.8, 4) is 0 Å². The Balaban J connectivity index is 1.29. The van der Waals surface area contributed by atoms with E-state index in [0.717, 1.165) is 22.7 Å². The molecule has 0 aliphatic carbocycles. The topological polar surface area (TPSA) is 9.72 Å². The van der Waals surface area contributed by atoms with Crippen LogP contribution in [-0.4, -0.2) is 6.71 Å². The lowest BCUT2D eigenvalue weighted by atomic mass is 9.33. The predicted molar refractivity (Wildman–Crippen MR) is 270 cm³/mol. The molecule has 312 valence electrons. The number of hydrogen-bond donors (Lipinski definition) is 0. The Labute approximate surface area is 372 Å². The fraction of sp³-hybridized carbons (Fsp3) is 0.276. The fourth-order valence-corrected chi connectivity index (χ4v) is 9.44. The summed E-state index contributed by atoms with van der Waals surface area (Å²) < 4.78 is 0. The van der Waals surface area contributed by atoms with E-state index < -0.39 is 0 Å². The van der Waals surface area contributed by atoms with E-state index in [-0.39, 0.29) is 28.4 Å². The van der Waals surface area contributed by atoms with Gasteiger partial charge >= 0.3 is 0 Å². The smallest absolute Gasteiger partial charge is 0.252 e. The van der Waals surface area contributed by atoms with Gasteiger partial charge in [-0.25, -0.2) is 0 Å². The predicted octanol–water partition coefficient (Wildman–Crippen LogP) is 14.4. The van der Waals surface area contributed by atoms with Crippen molar-refractivity contribution in [1.29, 1.82) is 0 Å². The first-order chi connectivity index (χ1) is 29.3. The molecular weight excluding hydrogens is 749 g/mol. The molecule has 0 atom stereocenters. The van der Waals surface area contributed by atoms with Crippen molar-refractivity contribution >= 4 is 74.3 Å². The molecule has 0 aromatic heterocycles. The average Bonchev–Trinajstić information content (AvgIpc) is 3.23. The highest BCUT2D eigenvalue weighted by Gasteiger charge is 2.44. The van der Waals surface area contributed by atoms with Gasteiger partial charge in [0, 0.05) is 51.2 Å². The van der Waals surface area contributed by atoms with Crippen LogP contribution in [-0.2, 0) is 21.7 Å². The van der Waals surface area contributed by atoms with Crippen LogP contribution in [0.25, 0.3) is 0 Å². The quantitative estimate of drug-likeness (QED) is 0.160. The molecule has 9 rings (SSSR count). The summed E-state index contributed by atoms with van der Waals surface area (Å²) in [6.07, 6.45) is 0. The Morgan fingerprint density at radius 3 is 1.27 bits per heavy atom. The van der Waals surface area contributed by atoms with Gasteiger partial charge in [0.05, 0.1) is 0 Å². The van der Waals surface area contributed by atoms with E-state index >= 15 is 0 Å². The molecule has 0 N–H and O–H groups in total. The first kappa shape index (κ1) is 41.4. The summed E-state index contributed by atoms with van der Waals surface area (Å²) >= 11 is 0. The highest BCUT2D eigenvalue weighted by Crippen LogP contribution is 2.47. The van der Waals surface area contributed by atoms with Crippen LogP contribution in [0.2, 0.25) is 0 Å². The minimum absolute atomic E-state index is 0.0168. The van der Waals surface area contributed by atoms with Crippen LogP contribution in [0.1, 0.15) is 105 Å². The molecule has 2 heterocycles. The van der Waals surface area contributed by atoms with Crippen LogP contribution >= 0.6 is 0 Å². The molecular formula is C58H62BN3. The van der Waals surface area contributed by atoms with Gasteiger partial charge in [0.2, 0.25) is 0 Å². The molecule has 4 heteroatoms. The fourth-order valence-electron chi connectivity index (χ4n) is 9.44. The lowest BCUT2D eigenvalue weighted by molar-refractivity contribution is 0.590. The Morgan fingerprint density at radius 1 is 0.339 bits per heavy atom. The number of fused-ring (bicyclic) bond motifs is 4. The monoisotopic (exact) mass is 812 g/mol. The molecule has 2 aliphatic rings. The second-order valence-electron chi connectivity index (χ2n) is 21.6. The zero-order valence-electron chi connectivity index (χ0n) is 38.9. The maximum atomic E-state index is 2.51. The van der Waals surface area contributed by atoms with Crippen molar-refractivity contribution in [2.75, 3.05) is 14.7 Å². The highest BCUT2D eigenvalue weighted by atomic mass is 15.2. The van der Waals surface area contributed by atoms with E-state index in [0.29, 0.717) is 0 Å². The van der Waals surface area contributed by atoms with Gasteiger partial charge in [-0.1, -0.05) is 162 Å². The first-order valence-corrected chi connectivity index (χ1v) is 22.5. The molecule has 0 radical (unpaired) electrons. The Morgan fingerprint density at radius 2 is 0.774 bits per heavy atom. The summed E-state index contributed by atoms with van der Waals surface area (Å²) in [5.74, 6) is 0. The molecule has 0 fully saturated rings. The molecule has 0 spiro atoms. The van der Waals surface area contributed by atoms with E-state index in [4.69, 9.17) is 0 Å². The molecule has 7 aromatic carbocycles. The summed E-state index contributed by atoms with van der Waals surface area (Å²) in [5, 5.41) is 0. The second kappa shape index (κ2) is 14.8. The number of hydrogen-bond acceptors (Lipinski definition) is 3. The van der Waals surface area contributed by atoms with Crippen LogP contribution in [0.3, 0.4) is 0 Å². The number of rotatable bonds is 5. The van der Waals surface area contributed by atoms with E-state index in [1.54, 1.807) is 0 Å². The number of para-hydroxylation sites is 1. The SMILES string of the molecule is CC(C)(C)c1ccc(N(c2ccc(C(C)(C)C)cc2)c2ccc3c(c2)N(c2ccccc2)c2cccc4c2B3c2cc(C(C)(C)C)ccc2N4c2ccc(C(C)(C)C)cc2)cc1. The van der Waals surface area contributed by atoms with Gasteiger partial charge in [-0.15, -0.1) is 0 Å².